The van der Waals surface area contributed by atoms with Crippen molar-refractivity contribution in [3.63, 3.8) is 0 Å². The SMILES string of the molecule is NN1c2ccccc2CCCC1(CC(=O)O)C(=O)c1ccc(C=NNC(=O)OCc2ccccc2)cc1. The Morgan fingerprint density at radius 1 is 1.03 bits per heavy atom. The Morgan fingerprint density at radius 3 is 2.46 bits per heavy atom. The lowest BCUT2D eigenvalue weighted by atomic mass is 9.81. The van der Waals surface area contributed by atoms with Crippen molar-refractivity contribution in [2.24, 2.45) is 10.9 Å². The number of rotatable bonds is 8. The summed E-state index contributed by atoms with van der Waals surface area (Å²) in [5.41, 5.74) is 4.33. The number of hydrogen-bond donors (Lipinski definition) is 3. The molecule has 0 spiro atoms. The number of aryl methyl sites for hydroxylation is 1. The molecule has 1 atom stereocenters. The van der Waals surface area contributed by atoms with Gasteiger partial charge in [0, 0.05) is 5.56 Å². The third-order valence-corrected chi connectivity index (χ3v) is 6.37. The maximum Gasteiger partial charge on any atom is 0.428 e. The molecular formula is C28H28N4O5. The number of anilines is 1. The van der Waals surface area contributed by atoms with E-state index in [-0.39, 0.29) is 12.4 Å². The van der Waals surface area contributed by atoms with Crippen LogP contribution < -0.4 is 16.3 Å². The van der Waals surface area contributed by atoms with E-state index in [1.807, 2.05) is 54.6 Å². The molecule has 1 aliphatic rings. The molecule has 0 aromatic heterocycles. The summed E-state index contributed by atoms with van der Waals surface area (Å²) in [4.78, 5) is 37.4. The third kappa shape index (κ3) is 6.02. The van der Waals surface area contributed by atoms with Gasteiger partial charge in [-0.3, -0.25) is 14.6 Å². The summed E-state index contributed by atoms with van der Waals surface area (Å²) >= 11 is 0. The summed E-state index contributed by atoms with van der Waals surface area (Å²) in [5.74, 6) is 5.01. The Labute approximate surface area is 214 Å². The molecule has 190 valence electrons. The zero-order chi connectivity index (χ0) is 26.3. The first-order chi connectivity index (χ1) is 17.9. The molecule has 0 saturated heterocycles. The quantitative estimate of drug-likeness (QED) is 0.184. The molecule has 1 aliphatic heterocycles. The fraction of sp³-hybridized carbons (Fsp3) is 0.214. The van der Waals surface area contributed by atoms with Gasteiger partial charge < -0.3 is 9.84 Å². The summed E-state index contributed by atoms with van der Waals surface area (Å²) in [7, 11) is 0. The van der Waals surface area contributed by atoms with Gasteiger partial charge in [0.25, 0.3) is 0 Å². The molecule has 1 amide bonds. The minimum absolute atomic E-state index is 0.125. The molecule has 1 unspecified atom stereocenters. The Hall–Kier alpha value is -4.50. The minimum Gasteiger partial charge on any atom is -0.481 e. The van der Waals surface area contributed by atoms with Crippen molar-refractivity contribution < 1.29 is 24.2 Å². The standard InChI is InChI=1S/C28H28N4O5/c29-32-24-11-5-4-9-22(24)10-6-16-28(32,17-25(33)34)26(35)23-14-12-20(13-15-23)18-30-31-27(36)37-19-21-7-2-1-3-8-21/h1-5,7-9,11-15,18H,6,10,16-17,19,29H2,(H,31,36)(H,33,34). The van der Waals surface area contributed by atoms with Crippen LogP contribution >= 0.6 is 0 Å². The number of nitrogens with one attached hydrogen (secondary N) is 1. The van der Waals surface area contributed by atoms with Crippen molar-refractivity contribution in [3.8, 4) is 0 Å². The first-order valence-electron chi connectivity index (χ1n) is 11.9. The molecule has 9 nitrogen and oxygen atoms in total. The summed E-state index contributed by atoms with van der Waals surface area (Å²) < 4.78 is 5.10. The Morgan fingerprint density at radius 2 is 1.73 bits per heavy atom. The van der Waals surface area contributed by atoms with Crippen LogP contribution in [0.5, 0.6) is 0 Å². The summed E-state index contributed by atoms with van der Waals surface area (Å²) in [6.45, 7) is 0.125. The fourth-order valence-electron chi connectivity index (χ4n) is 4.51. The second-order valence-electron chi connectivity index (χ2n) is 8.84. The second-order valence-corrected chi connectivity index (χ2v) is 8.84. The number of amides is 1. The van der Waals surface area contributed by atoms with Gasteiger partial charge in [0.2, 0.25) is 0 Å². The zero-order valence-electron chi connectivity index (χ0n) is 20.2. The van der Waals surface area contributed by atoms with Crippen LogP contribution in [0.2, 0.25) is 0 Å². The first-order valence-corrected chi connectivity index (χ1v) is 11.9. The van der Waals surface area contributed by atoms with Gasteiger partial charge in [0.1, 0.15) is 12.1 Å². The molecule has 37 heavy (non-hydrogen) atoms. The predicted octanol–water partition coefficient (Wildman–Crippen LogP) is 4.06. The van der Waals surface area contributed by atoms with Gasteiger partial charge in [0.15, 0.2) is 5.78 Å². The van der Waals surface area contributed by atoms with Crippen molar-refractivity contribution in [1.82, 2.24) is 5.43 Å². The number of para-hydroxylation sites is 1. The second kappa shape index (κ2) is 11.5. The number of aliphatic carboxylic acids is 1. The number of fused-ring (bicyclic) bond motifs is 1. The molecule has 0 saturated carbocycles. The van der Waals surface area contributed by atoms with Crippen LogP contribution in [0.3, 0.4) is 0 Å². The highest BCUT2D eigenvalue weighted by molar-refractivity contribution is 6.07. The van der Waals surface area contributed by atoms with E-state index in [4.69, 9.17) is 10.6 Å². The van der Waals surface area contributed by atoms with E-state index in [2.05, 4.69) is 10.5 Å². The number of hydrazone groups is 1. The molecule has 3 aromatic rings. The number of nitrogens with two attached hydrogens (primary N) is 1. The zero-order valence-corrected chi connectivity index (χ0v) is 20.2. The molecule has 0 fully saturated rings. The number of hydrazine groups is 1. The van der Waals surface area contributed by atoms with E-state index in [0.717, 1.165) is 11.1 Å². The van der Waals surface area contributed by atoms with Crippen LogP contribution in [-0.4, -0.2) is 34.7 Å². The van der Waals surface area contributed by atoms with Crippen LogP contribution in [0, 0.1) is 0 Å². The van der Waals surface area contributed by atoms with Crippen LogP contribution in [0.1, 0.15) is 46.3 Å². The highest BCUT2D eigenvalue weighted by Crippen LogP contribution is 2.37. The maximum atomic E-state index is 13.7. The fourth-order valence-corrected chi connectivity index (χ4v) is 4.51. The summed E-state index contributed by atoms with van der Waals surface area (Å²) in [5, 5.41) is 14.9. The average molecular weight is 501 g/mol. The number of benzene rings is 3. The minimum atomic E-state index is -1.42. The third-order valence-electron chi connectivity index (χ3n) is 6.37. The lowest BCUT2D eigenvalue weighted by molar-refractivity contribution is -0.138. The molecule has 3 aromatic carbocycles. The van der Waals surface area contributed by atoms with E-state index in [0.29, 0.717) is 36.1 Å². The Bertz CT molecular complexity index is 1290. The normalized spacial score (nSPS) is 17.1. The maximum absolute atomic E-state index is 13.7. The van der Waals surface area contributed by atoms with Gasteiger partial charge in [-0.15, -0.1) is 0 Å². The number of carboxylic acid groups (broad SMARTS) is 1. The van der Waals surface area contributed by atoms with Crippen LogP contribution in [0.25, 0.3) is 0 Å². The first kappa shape index (κ1) is 25.6. The lowest BCUT2D eigenvalue weighted by Crippen LogP contribution is -2.59. The van der Waals surface area contributed by atoms with E-state index < -0.39 is 24.0 Å². The monoisotopic (exact) mass is 500 g/mol. The van der Waals surface area contributed by atoms with E-state index in [1.165, 1.54) is 11.2 Å². The molecule has 0 aliphatic carbocycles. The van der Waals surface area contributed by atoms with Crippen LogP contribution in [0.15, 0.2) is 84.0 Å². The van der Waals surface area contributed by atoms with Gasteiger partial charge >= 0.3 is 12.1 Å². The van der Waals surface area contributed by atoms with Gasteiger partial charge in [-0.2, -0.15) is 5.10 Å². The van der Waals surface area contributed by atoms with E-state index in [9.17, 15) is 19.5 Å². The van der Waals surface area contributed by atoms with Crippen LogP contribution in [-0.2, 0) is 22.6 Å². The lowest BCUT2D eigenvalue weighted by Gasteiger charge is -2.39. The van der Waals surface area contributed by atoms with Gasteiger partial charge in [0.05, 0.1) is 18.3 Å². The predicted molar refractivity (Wildman–Crippen MR) is 139 cm³/mol. The number of Topliss-reactive ketones (excluding diaryl/α,β-unsaturated/α-hetero) is 1. The van der Waals surface area contributed by atoms with Crippen molar-refractivity contribution in [1.29, 1.82) is 0 Å². The van der Waals surface area contributed by atoms with Crippen molar-refractivity contribution in [2.75, 3.05) is 5.01 Å². The topological polar surface area (TPSA) is 134 Å². The Balaban J connectivity index is 1.45. The number of ketones is 1. The van der Waals surface area contributed by atoms with Crippen molar-refractivity contribution in [3.05, 3.63) is 101 Å². The van der Waals surface area contributed by atoms with Crippen LogP contribution in [0.4, 0.5) is 10.5 Å². The highest BCUT2D eigenvalue weighted by atomic mass is 16.6. The number of carbonyl (C=O) groups is 3. The van der Waals surface area contributed by atoms with Gasteiger partial charge in [-0.1, -0.05) is 72.8 Å². The van der Waals surface area contributed by atoms with Gasteiger partial charge in [-0.05, 0) is 42.0 Å². The van der Waals surface area contributed by atoms with Gasteiger partial charge in [-0.25, -0.2) is 16.1 Å². The van der Waals surface area contributed by atoms with Crippen molar-refractivity contribution in [2.45, 2.75) is 37.8 Å². The number of carbonyl (C=O) groups excluding carboxylic acids is 2. The highest BCUT2D eigenvalue weighted by Gasteiger charge is 2.46. The summed E-state index contributed by atoms with van der Waals surface area (Å²) in [6, 6.07) is 23.3. The van der Waals surface area contributed by atoms with Crippen molar-refractivity contribution >= 4 is 29.7 Å². The molecule has 0 bridgehead atoms. The average Bonchev–Trinajstić information content (AvgIpc) is 3.05. The van der Waals surface area contributed by atoms with E-state index >= 15 is 0 Å². The molecule has 4 N–H and O–H groups in total. The molecule has 0 radical (unpaired) electrons. The molecule has 1 heterocycles. The number of hydrogen-bond acceptors (Lipinski definition) is 7. The molecule has 4 rings (SSSR count). The molecule has 9 heteroatoms. The summed E-state index contributed by atoms with van der Waals surface area (Å²) in [6.07, 6.45) is 1.94. The van der Waals surface area contributed by atoms with E-state index in [1.54, 1.807) is 24.3 Å². The number of carboxylic acids is 1. The largest absolute Gasteiger partial charge is 0.481 e. The number of nitrogens with zero attached hydrogens (tertiary/aromatic N) is 2. The number of ether oxygens (including phenoxy) is 1. The molecular weight excluding hydrogens is 472 g/mol. The smallest absolute Gasteiger partial charge is 0.428 e. The Kier molecular flexibility index (Phi) is 7.95.